The number of hydrogen-bond acceptors (Lipinski definition) is 4. The molecule has 0 bridgehead atoms. The molecule has 0 fully saturated rings. The van der Waals surface area contributed by atoms with E-state index in [2.05, 4.69) is 27.4 Å². The molecular formula is C20H15N3OS. The summed E-state index contributed by atoms with van der Waals surface area (Å²) < 4.78 is 0. The molecular weight excluding hydrogens is 330 g/mol. The molecule has 0 unspecified atom stereocenters. The van der Waals surface area contributed by atoms with E-state index in [1.54, 1.807) is 12.4 Å². The molecule has 2 aromatic heterocycles. The number of nitrogens with one attached hydrogen (secondary N) is 1. The SMILES string of the molecule is O=C(Cc1cccc2ccccc12)Nc1nc(-c2ccncc2)cs1. The second-order valence-corrected chi connectivity index (χ2v) is 6.50. The number of hydrogen-bond donors (Lipinski definition) is 1. The van der Waals surface area contributed by atoms with Crippen LogP contribution in [-0.4, -0.2) is 15.9 Å². The van der Waals surface area contributed by atoms with Crippen LogP contribution in [-0.2, 0) is 11.2 Å². The molecule has 0 saturated carbocycles. The van der Waals surface area contributed by atoms with Gasteiger partial charge < -0.3 is 5.32 Å². The fourth-order valence-electron chi connectivity index (χ4n) is 2.77. The van der Waals surface area contributed by atoms with E-state index >= 15 is 0 Å². The third-order valence-corrected chi connectivity index (χ3v) is 4.72. The van der Waals surface area contributed by atoms with Crippen LogP contribution in [0.15, 0.2) is 72.4 Å². The Balaban J connectivity index is 1.50. The van der Waals surface area contributed by atoms with E-state index in [1.807, 2.05) is 47.8 Å². The van der Waals surface area contributed by atoms with Gasteiger partial charge in [-0.25, -0.2) is 4.98 Å². The van der Waals surface area contributed by atoms with Crippen LogP contribution < -0.4 is 5.32 Å². The van der Waals surface area contributed by atoms with Gasteiger partial charge in [-0.05, 0) is 28.5 Å². The lowest BCUT2D eigenvalue weighted by Crippen LogP contribution is -2.14. The van der Waals surface area contributed by atoms with Crippen LogP contribution in [0, 0.1) is 0 Å². The molecule has 0 atom stereocenters. The van der Waals surface area contributed by atoms with Crippen LogP contribution in [0.1, 0.15) is 5.56 Å². The van der Waals surface area contributed by atoms with Crippen molar-refractivity contribution in [2.24, 2.45) is 0 Å². The van der Waals surface area contributed by atoms with Crippen molar-refractivity contribution in [3.05, 3.63) is 77.9 Å². The van der Waals surface area contributed by atoms with Crippen molar-refractivity contribution >= 4 is 33.1 Å². The van der Waals surface area contributed by atoms with Gasteiger partial charge in [0.05, 0.1) is 12.1 Å². The van der Waals surface area contributed by atoms with Crippen LogP contribution in [0.5, 0.6) is 0 Å². The Morgan fingerprint density at radius 1 is 1.00 bits per heavy atom. The molecule has 0 spiro atoms. The summed E-state index contributed by atoms with van der Waals surface area (Å²) in [6.07, 6.45) is 3.78. The first-order valence-corrected chi connectivity index (χ1v) is 8.80. The number of aromatic nitrogens is 2. The lowest BCUT2D eigenvalue weighted by atomic mass is 10.0. The highest BCUT2D eigenvalue weighted by Crippen LogP contribution is 2.25. The van der Waals surface area contributed by atoms with Crippen LogP contribution in [0.3, 0.4) is 0 Å². The highest BCUT2D eigenvalue weighted by molar-refractivity contribution is 7.14. The summed E-state index contributed by atoms with van der Waals surface area (Å²) in [6.45, 7) is 0. The van der Waals surface area contributed by atoms with E-state index in [4.69, 9.17) is 0 Å². The summed E-state index contributed by atoms with van der Waals surface area (Å²) in [5, 5.41) is 7.69. The highest BCUT2D eigenvalue weighted by Gasteiger charge is 2.10. The monoisotopic (exact) mass is 345 g/mol. The summed E-state index contributed by atoms with van der Waals surface area (Å²) in [7, 11) is 0. The van der Waals surface area contributed by atoms with E-state index in [0.29, 0.717) is 11.6 Å². The molecule has 5 heteroatoms. The van der Waals surface area contributed by atoms with E-state index < -0.39 is 0 Å². The van der Waals surface area contributed by atoms with Gasteiger partial charge in [0.25, 0.3) is 0 Å². The summed E-state index contributed by atoms with van der Waals surface area (Å²) in [4.78, 5) is 20.9. The van der Waals surface area contributed by atoms with Crippen LogP contribution in [0.4, 0.5) is 5.13 Å². The van der Waals surface area contributed by atoms with Crippen LogP contribution in [0.2, 0.25) is 0 Å². The predicted octanol–water partition coefficient (Wildman–Crippen LogP) is 4.54. The van der Waals surface area contributed by atoms with E-state index in [0.717, 1.165) is 27.6 Å². The molecule has 25 heavy (non-hydrogen) atoms. The molecule has 1 N–H and O–H groups in total. The predicted molar refractivity (Wildman–Crippen MR) is 102 cm³/mol. The fourth-order valence-corrected chi connectivity index (χ4v) is 3.51. The van der Waals surface area contributed by atoms with Crippen molar-refractivity contribution < 1.29 is 4.79 Å². The zero-order valence-electron chi connectivity index (χ0n) is 13.3. The van der Waals surface area contributed by atoms with Gasteiger partial charge in [0.2, 0.25) is 5.91 Å². The second-order valence-electron chi connectivity index (χ2n) is 5.64. The van der Waals surface area contributed by atoms with Crippen LogP contribution >= 0.6 is 11.3 Å². The largest absolute Gasteiger partial charge is 0.302 e. The maximum Gasteiger partial charge on any atom is 0.230 e. The minimum atomic E-state index is -0.0630. The molecule has 0 aliphatic heterocycles. The Hall–Kier alpha value is -3.05. The third kappa shape index (κ3) is 3.41. The molecule has 0 aliphatic carbocycles. The van der Waals surface area contributed by atoms with Gasteiger partial charge >= 0.3 is 0 Å². The van der Waals surface area contributed by atoms with Crippen molar-refractivity contribution in [3.8, 4) is 11.3 Å². The maximum atomic E-state index is 12.4. The molecule has 4 nitrogen and oxygen atoms in total. The number of pyridine rings is 1. The molecule has 0 saturated heterocycles. The minimum absolute atomic E-state index is 0.0630. The van der Waals surface area contributed by atoms with Crippen molar-refractivity contribution in [3.63, 3.8) is 0 Å². The Kier molecular flexibility index (Phi) is 4.23. The van der Waals surface area contributed by atoms with Gasteiger partial charge in [-0.1, -0.05) is 42.5 Å². The van der Waals surface area contributed by atoms with Crippen molar-refractivity contribution in [2.45, 2.75) is 6.42 Å². The number of nitrogens with zero attached hydrogens (tertiary/aromatic N) is 2. The first-order chi connectivity index (χ1) is 12.3. The van der Waals surface area contributed by atoms with Gasteiger partial charge in [0, 0.05) is 23.3 Å². The second kappa shape index (κ2) is 6.83. The zero-order chi connectivity index (χ0) is 17.1. The molecule has 0 aliphatic rings. The third-order valence-electron chi connectivity index (χ3n) is 3.96. The maximum absolute atomic E-state index is 12.4. The minimum Gasteiger partial charge on any atom is -0.302 e. The Morgan fingerprint density at radius 3 is 2.68 bits per heavy atom. The Morgan fingerprint density at radius 2 is 1.80 bits per heavy atom. The lowest BCUT2D eigenvalue weighted by molar-refractivity contribution is -0.115. The average molecular weight is 345 g/mol. The van der Waals surface area contributed by atoms with Crippen molar-refractivity contribution in [2.75, 3.05) is 5.32 Å². The molecule has 1 amide bonds. The van der Waals surface area contributed by atoms with E-state index in [1.165, 1.54) is 11.3 Å². The quantitative estimate of drug-likeness (QED) is 0.591. The summed E-state index contributed by atoms with van der Waals surface area (Å²) in [6, 6.07) is 17.9. The van der Waals surface area contributed by atoms with E-state index in [9.17, 15) is 4.79 Å². The summed E-state index contributed by atoms with van der Waals surface area (Å²) in [5.41, 5.74) is 2.84. The van der Waals surface area contributed by atoms with Gasteiger partial charge in [0.15, 0.2) is 5.13 Å². The highest BCUT2D eigenvalue weighted by atomic mass is 32.1. The molecule has 2 aromatic carbocycles. The number of carbonyl (C=O) groups is 1. The van der Waals surface area contributed by atoms with Crippen LogP contribution in [0.25, 0.3) is 22.0 Å². The molecule has 0 radical (unpaired) electrons. The van der Waals surface area contributed by atoms with Gasteiger partial charge in [0.1, 0.15) is 0 Å². The first-order valence-electron chi connectivity index (χ1n) is 7.92. The molecule has 122 valence electrons. The standard InChI is InChI=1S/C20H15N3OS/c24-19(12-16-6-3-5-14-4-1-2-7-17(14)16)23-20-22-18(13-25-20)15-8-10-21-11-9-15/h1-11,13H,12H2,(H,22,23,24). The van der Waals surface area contributed by atoms with Gasteiger partial charge in [-0.15, -0.1) is 11.3 Å². The first kappa shape index (κ1) is 15.5. The number of anilines is 1. The van der Waals surface area contributed by atoms with E-state index in [-0.39, 0.29) is 5.91 Å². The average Bonchev–Trinajstić information content (AvgIpc) is 3.11. The summed E-state index contributed by atoms with van der Waals surface area (Å²) >= 11 is 1.42. The molecule has 4 rings (SSSR count). The Bertz CT molecular complexity index is 1020. The molecule has 2 heterocycles. The number of rotatable bonds is 4. The van der Waals surface area contributed by atoms with Crippen molar-refractivity contribution in [1.82, 2.24) is 9.97 Å². The van der Waals surface area contributed by atoms with Gasteiger partial charge in [-0.2, -0.15) is 0 Å². The topological polar surface area (TPSA) is 54.9 Å². The fraction of sp³-hybridized carbons (Fsp3) is 0.0500. The smallest absolute Gasteiger partial charge is 0.230 e. The molecule has 4 aromatic rings. The number of amides is 1. The van der Waals surface area contributed by atoms with Crippen molar-refractivity contribution in [1.29, 1.82) is 0 Å². The number of benzene rings is 2. The van der Waals surface area contributed by atoms with Gasteiger partial charge in [-0.3, -0.25) is 9.78 Å². The normalized spacial score (nSPS) is 10.7. The Labute approximate surface area is 149 Å². The number of fused-ring (bicyclic) bond motifs is 1. The number of thiazole rings is 1. The zero-order valence-corrected chi connectivity index (χ0v) is 14.2. The summed E-state index contributed by atoms with van der Waals surface area (Å²) in [5.74, 6) is -0.0630. The lowest BCUT2D eigenvalue weighted by Gasteiger charge is -2.06. The number of carbonyl (C=O) groups excluding carboxylic acids is 1.